The third kappa shape index (κ3) is 3.64. The number of carbonyl (C=O) groups is 2. The number of hydrogen-bond acceptors (Lipinski definition) is 5. The average Bonchev–Trinajstić information content (AvgIpc) is 2.40. The standard InChI is InChI=1S/C14H17NO4/c1-9-6-5-7-10(2)12(9)15-8-11(13(16)18-3)14(17)19-4/h5-8,11H,1-4H3. The number of aliphatic imine (C=N–C) groups is 1. The van der Waals surface area contributed by atoms with Crippen LogP contribution in [0.25, 0.3) is 0 Å². The van der Waals surface area contributed by atoms with Gasteiger partial charge in [0.2, 0.25) is 0 Å². The molecule has 1 rings (SSSR count). The third-order valence-corrected chi connectivity index (χ3v) is 2.70. The smallest absolute Gasteiger partial charge is 0.325 e. The fraction of sp³-hybridized carbons (Fsp3) is 0.357. The number of esters is 2. The summed E-state index contributed by atoms with van der Waals surface area (Å²) >= 11 is 0. The summed E-state index contributed by atoms with van der Waals surface area (Å²) in [5.74, 6) is -2.53. The normalized spacial score (nSPS) is 10.8. The monoisotopic (exact) mass is 263 g/mol. The lowest BCUT2D eigenvalue weighted by atomic mass is 10.1. The summed E-state index contributed by atoms with van der Waals surface area (Å²) in [6.07, 6.45) is 1.26. The average molecular weight is 263 g/mol. The quantitative estimate of drug-likeness (QED) is 0.473. The molecule has 5 nitrogen and oxygen atoms in total. The van der Waals surface area contributed by atoms with Crippen LogP contribution in [-0.2, 0) is 19.1 Å². The Balaban J connectivity index is 3.05. The van der Waals surface area contributed by atoms with Gasteiger partial charge >= 0.3 is 11.9 Å². The van der Waals surface area contributed by atoms with Crippen molar-refractivity contribution in [3.8, 4) is 0 Å². The van der Waals surface area contributed by atoms with E-state index in [1.165, 1.54) is 20.4 Å². The van der Waals surface area contributed by atoms with Crippen LogP contribution >= 0.6 is 0 Å². The van der Waals surface area contributed by atoms with E-state index < -0.39 is 17.9 Å². The predicted octanol–water partition coefficient (Wildman–Crippen LogP) is 1.97. The maximum absolute atomic E-state index is 11.5. The van der Waals surface area contributed by atoms with Gasteiger partial charge in [0, 0.05) is 6.21 Å². The van der Waals surface area contributed by atoms with Crippen molar-refractivity contribution >= 4 is 23.8 Å². The topological polar surface area (TPSA) is 65.0 Å². The fourth-order valence-electron chi connectivity index (χ4n) is 1.63. The zero-order valence-corrected chi connectivity index (χ0v) is 11.5. The van der Waals surface area contributed by atoms with Crippen LogP contribution in [0.15, 0.2) is 23.2 Å². The van der Waals surface area contributed by atoms with Gasteiger partial charge in [-0.2, -0.15) is 0 Å². The zero-order valence-electron chi connectivity index (χ0n) is 11.5. The first-order valence-electron chi connectivity index (χ1n) is 5.77. The van der Waals surface area contributed by atoms with Gasteiger partial charge < -0.3 is 9.47 Å². The molecule has 0 saturated heterocycles. The molecule has 0 N–H and O–H groups in total. The van der Waals surface area contributed by atoms with Crippen LogP contribution in [0, 0.1) is 19.8 Å². The molecule has 5 heteroatoms. The van der Waals surface area contributed by atoms with E-state index in [9.17, 15) is 9.59 Å². The molecule has 0 saturated carbocycles. The number of methoxy groups -OCH3 is 2. The molecule has 0 amide bonds. The highest BCUT2D eigenvalue weighted by molar-refractivity contribution is 6.09. The minimum Gasteiger partial charge on any atom is -0.468 e. The lowest BCUT2D eigenvalue weighted by Crippen LogP contribution is -2.27. The second kappa shape index (κ2) is 6.68. The van der Waals surface area contributed by atoms with Gasteiger partial charge in [0.05, 0.1) is 19.9 Å². The van der Waals surface area contributed by atoms with E-state index in [1.807, 2.05) is 32.0 Å². The molecule has 0 fully saturated rings. The Kier molecular flexibility index (Phi) is 5.23. The number of aryl methyl sites for hydroxylation is 2. The van der Waals surface area contributed by atoms with Crippen molar-refractivity contribution in [1.29, 1.82) is 0 Å². The van der Waals surface area contributed by atoms with Crippen LogP contribution in [0.5, 0.6) is 0 Å². The van der Waals surface area contributed by atoms with Gasteiger partial charge in [-0.1, -0.05) is 18.2 Å². The maximum Gasteiger partial charge on any atom is 0.325 e. The van der Waals surface area contributed by atoms with Gasteiger partial charge in [0.15, 0.2) is 5.92 Å². The highest BCUT2D eigenvalue weighted by atomic mass is 16.5. The van der Waals surface area contributed by atoms with Crippen LogP contribution in [0.2, 0.25) is 0 Å². The zero-order chi connectivity index (χ0) is 14.4. The molecule has 0 radical (unpaired) electrons. The highest BCUT2D eigenvalue weighted by Gasteiger charge is 2.26. The van der Waals surface area contributed by atoms with E-state index in [2.05, 4.69) is 14.5 Å². The fourth-order valence-corrected chi connectivity index (χ4v) is 1.63. The van der Waals surface area contributed by atoms with Gasteiger partial charge in [0.1, 0.15) is 0 Å². The Hall–Kier alpha value is -2.17. The van der Waals surface area contributed by atoms with Crippen LogP contribution in [0.1, 0.15) is 11.1 Å². The molecule has 19 heavy (non-hydrogen) atoms. The number of rotatable bonds is 4. The van der Waals surface area contributed by atoms with Gasteiger partial charge in [-0.15, -0.1) is 0 Å². The Morgan fingerprint density at radius 2 is 1.58 bits per heavy atom. The van der Waals surface area contributed by atoms with Gasteiger partial charge in [-0.05, 0) is 25.0 Å². The molecule has 1 aromatic carbocycles. The Morgan fingerprint density at radius 1 is 1.11 bits per heavy atom. The molecule has 0 atom stereocenters. The van der Waals surface area contributed by atoms with E-state index in [1.54, 1.807) is 0 Å². The van der Waals surface area contributed by atoms with Gasteiger partial charge in [-0.3, -0.25) is 14.6 Å². The van der Waals surface area contributed by atoms with E-state index in [4.69, 9.17) is 0 Å². The lowest BCUT2D eigenvalue weighted by molar-refractivity contribution is -0.154. The number of para-hydroxylation sites is 1. The van der Waals surface area contributed by atoms with Crippen molar-refractivity contribution in [3.63, 3.8) is 0 Å². The van der Waals surface area contributed by atoms with Crippen molar-refractivity contribution in [2.24, 2.45) is 10.9 Å². The first kappa shape index (κ1) is 14.9. The molecule has 102 valence electrons. The van der Waals surface area contributed by atoms with Crippen molar-refractivity contribution in [1.82, 2.24) is 0 Å². The minimum atomic E-state index is -1.14. The summed E-state index contributed by atoms with van der Waals surface area (Å²) < 4.78 is 9.11. The lowest BCUT2D eigenvalue weighted by Gasteiger charge is -2.08. The van der Waals surface area contributed by atoms with Crippen LogP contribution in [-0.4, -0.2) is 32.4 Å². The highest BCUT2D eigenvalue weighted by Crippen LogP contribution is 2.22. The molecule has 0 aliphatic heterocycles. The molecule has 0 aromatic heterocycles. The molecule has 0 spiro atoms. The molecular weight excluding hydrogens is 246 g/mol. The van der Waals surface area contributed by atoms with Gasteiger partial charge in [-0.25, -0.2) is 0 Å². The number of nitrogens with zero attached hydrogens (tertiary/aromatic N) is 1. The third-order valence-electron chi connectivity index (χ3n) is 2.70. The summed E-state index contributed by atoms with van der Waals surface area (Å²) in [5, 5.41) is 0. The Labute approximate surface area is 112 Å². The van der Waals surface area contributed by atoms with Crippen LogP contribution in [0.4, 0.5) is 5.69 Å². The van der Waals surface area contributed by atoms with E-state index >= 15 is 0 Å². The van der Waals surface area contributed by atoms with Crippen molar-refractivity contribution in [2.45, 2.75) is 13.8 Å². The van der Waals surface area contributed by atoms with Crippen LogP contribution in [0.3, 0.4) is 0 Å². The first-order chi connectivity index (χ1) is 9.01. The first-order valence-corrected chi connectivity index (χ1v) is 5.77. The molecule has 0 bridgehead atoms. The summed E-state index contributed by atoms with van der Waals surface area (Å²) in [7, 11) is 2.43. The molecule has 0 aliphatic carbocycles. The van der Waals surface area contributed by atoms with Crippen LogP contribution < -0.4 is 0 Å². The number of hydrogen-bond donors (Lipinski definition) is 0. The Morgan fingerprint density at radius 3 is 2.00 bits per heavy atom. The SMILES string of the molecule is COC(=O)C(C=Nc1c(C)cccc1C)C(=O)OC. The number of ether oxygens (including phenoxy) is 2. The van der Waals surface area contributed by atoms with E-state index in [0.717, 1.165) is 16.8 Å². The largest absolute Gasteiger partial charge is 0.468 e. The predicted molar refractivity (Wildman–Crippen MR) is 71.6 cm³/mol. The van der Waals surface area contributed by atoms with Crippen molar-refractivity contribution < 1.29 is 19.1 Å². The molecule has 0 heterocycles. The second-order valence-corrected chi connectivity index (χ2v) is 4.04. The maximum atomic E-state index is 11.5. The van der Waals surface area contributed by atoms with E-state index in [0.29, 0.717) is 0 Å². The van der Waals surface area contributed by atoms with E-state index in [-0.39, 0.29) is 0 Å². The molecule has 0 aliphatic rings. The summed E-state index contributed by atoms with van der Waals surface area (Å²) in [4.78, 5) is 27.2. The summed E-state index contributed by atoms with van der Waals surface area (Å²) in [6.45, 7) is 3.82. The molecule has 0 unspecified atom stereocenters. The van der Waals surface area contributed by atoms with Crippen molar-refractivity contribution in [2.75, 3.05) is 14.2 Å². The summed E-state index contributed by atoms with van der Waals surface area (Å²) in [5.41, 5.74) is 2.66. The van der Waals surface area contributed by atoms with Gasteiger partial charge in [0.25, 0.3) is 0 Å². The number of benzene rings is 1. The van der Waals surface area contributed by atoms with Crippen molar-refractivity contribution in [3.05, 3.63) is 29.3 Å². The summed E-state index contributed by atoms with van der Waals surface area (Å²) in [6, 6.07) is 5.73. The Bertz CT molecular complexity index is 472. The molecule has 1 aromatic rings. The second-order valence-electron chi connectivity index (χ2n) is 4.04. The number of carbonyl (C=O) groups excluding carboxylic acids is 2. The molecular formula is C14H17NO4. The minimum absolute atomic E-state index is 0.693.